The number of aromatic nitrogens is 1. The molecule has 23 heavy (non-hydrogen) atoms. The van der Waals surface area contributed by atoms with Gasteiger partial charge in [0.2, 0.25) is 0 Å². The van der Waals surface area contributed by atoms with Crippen LogP contribution in [0.4, 0.5) is 4.39 Å². The number of halogens is 1. The summed E-state index contributed by atoms with van der Waals surface area (Å²) in [4.78, 5) is 18.4. The van der Waals surface area contributed by atoms with Gasteiger partial charge in [0.25, 0.3) is 5.91 Å². The number of benzene rings is 1. The first-order valence-corrected chi connectivity index (χ1v) is 7.14. The van der Waals surface area contributed by atoms with E-state index in [-0.39, 0.29) is 17.5 Å². The van der Waals surface area contributed by atoms with Gasteiger partial charge in [0.05, 0.1) is 18.0 Å². The summed E-state index contributed by atoms with van der Waals surface area (Å²) >= 11 is 0. The quantitative estimate of drug-likeness (QED) is 0.738. The Labute approximate surface area is 133 Å². The molecule has 0 spiro atoms. The summed E-state index contributed by atoms with van der Waals surface area (Å²) < 4.78 is 18.8. The van der Waals surface area contributed by atoms with E-state index in [1.54, 1.807) is 43.6 Å². The molecule has 0 radical (unpaired) electrons. The summed E-state index contributed by atoms with van der Waals surface area (Å²) in [6, 6.07) is 14.3. The van der Waals surface area contributed by atoms with Crippen LogP contribution in [0.2, 0.25) is 0 Å². The number of amides is 1. The molecule has 1 aromatic carbocycles. The molecule has 116 valence electrons. The molecule has 0 aliphatic rings. The zero-order chi connectivity index (χ0) is 16.2. The fraction of sp³-hybridized carbons (Fsp3) is 0.111. The molecule has 5 heteroatoms. The highest BCUT2D eigenvalue weighted by Crippen LogP contribution is 2.28. The summed E-state index contributed by atoms with van der Waals surface area (Å²) in [6.45, 7) is 0. The number of carbonyl (C=O) groups is 1. The van der Waals surface area contributed by atoms with Crippen LogP contribution in [0.15, 0.2) is 71.5 Å². The van der Waals surface area contributed by atoms with Crippen molar-refractivity contribution in [3.05, 3.63) is 89.9 Å². The minimum atomic E-state index is -0.510. The number of hydrogen-bond donors (Lipinski definition) is 0. The number of carbonyl (C=O) groups excluding carboxylic acids is 1. The molecule has 3 rings (SSSR count). The lowest BCUT2D eigenvalue weighted by Gasteiger charge is -2.27. The average Bonchev–Trinajstić information content (AvgIpc) is 3.10. The summed E-state index contributed by atoms with van der Waals surface area (Å²) in [6.07, 6.45) is 3.09. The van der Waals surface area contributed by atoms with Crippen LogP contribution in [0.1, 0.15) is 27.9 Å². The molecule has 0 fully saturated rings. The molecule has 0 N–H and O–H groups in total. The van der Waals surface area contributed by atoms with Gasteiger partial charge in [-0.15, -0.1) is 0 Å². The molecule has 2 heterocycles. The average molecular weight is 310 g/mol. The smallest absolute Gasteiger partial charge is 0.290 e. The van der Waals surface area contributed by atoms with E-state index in [1.807, 2.05) is 12.1 Å². The number of nitrogens with zero attached hydrogens (tertiary/aromatic N) is 2. The molecule has 0 aliphatic heterocycles. The minimum Gasteiger partial charge on any atom is -0.459 e. The molecule has 1 amide bonds. The van der Waals surface area contributed by atoms with Gasteiger partial charge in [-0.2, -0.15) is 0 Å². The van der Waals surface area contributed by atoms with Crippen molar-refractivity contribution in [2.45, 2.75) is 6.04 Å². The first-order chi connectivity index (χ1) is 11.2. The van der Waals surface area contributed by atoms with E-state index in [2.05, 4.69) is 4.98 Å². The third kappa shape index (κ3) is 3.13. The highest BCUT2D eigenvalue weighted by Gasteiger charge is 2.27. The van der Waals surface area contributed by atoms with Crippen LogP contribution in [0.25, 0.3) is 0 Å². The summed E-state index contributed by atoms with van der Waals surface area (Å²) in [7, 11) is 1.65. The monoisotopic (exact) mass is 310 g/mol. The van der Waals surface area contributed by atoms with Gasteiger partial charge in [-0.25, -0.2) is 4.39 Å². The van der Waals surface area contributed by atoms with Gasteiger partial charge in [-0.1, -0.05) is 18.2 Å². The maximum atomic E-state index is 13.6. The fourth-order valence-corrected chi connectivity index (χ4v) is 2.50. The number of rotatable bonds is 4. The number of hydrogen-bond acceptors (Lipinski definition) is 3. The van der Waals surface area contributed by atoms with Gasteiger partial charge in [0, 0.05) is 13.2 Å². The Morgan fingerprint density at radius 2 is 2.04 bits per heavy atom. The Morgan fingerprint density at radius 1 is 1.17 bits per heavy atom. The van der Waals surface area contributed by atoms with E-state index in [0.717, 1.165) is 0 Å². The third-order valence-electron chi connectivity index (χ3n) is 3.57. The molecule has 3 aromatic rings. The van der Waals surface area contributed by atoms with Crippen molar-refractivity contribution in [1.29, 1.82) is 0 Å². The molecular weight excluding hydrogens is 295 g/mol. The van der Waals surface area contributed by atoms with E-state index in [9.17, 15) is 9.18 Å². The Morgan fingerprint density at radius 3 is 2.70 bits per heavy atom. The Balaban J connectivity index is 2.03. The lowest BCUT2D eigenvalue weighted by Crippen LogP contribution is -2.32. The molecule has 0 aliphatic carbocycles. The zero-order valence-corrected chi connectivity index (χ0v) is 12.5. The molecule has 1 atom stereocenters. The standard InChI is InChI=1S/C18H15FN2O2/c1-21(18(22)16-9-5-11-23-16)17(15-8-2-3-10-20-15)13-6-4-7-14(19)12-13/h2-12,17H,1H3/t17-/m0/s1. The van der Waals surface area contributed by atoms with Gasteiger partial charge in [0.1, 0.15) is 5.82 Å². The van der Waals surface area contributed by atoms with E-state index in [1.165, 1.54) is 23.3 Å². The Bertz CT molecular complexity index is 788. The van der Waals surface area contributed by atoms with Crippen LogP contribution in [0, 0.1) is 5.82 Å². The van der Waals surface area contributed by atoms with Crippen LogP contribution in [0.5, 0.6) is 0 Å². The van der Waals surface area contributed by atoms with Gasteiger partial charge < -0.3 is 9.32 Å². The molecule has 0 saturated heterocycles. The van der Waals surface area contributed by atoms with Crippen molar-refractivity contribution in [2.75, 3.05) is 7.05 Å². The van der Waals surface area contributed by atoms with Crippen molar-refractivity contribution in [1.82, 2.24) is 9.88 Å². The zero-order valence-electron chi connectivity index (χ0n) is 12.5. The lowest BCUT2D eigenvalue weighted by molar-refractivity contribution is 0.0720. The number of furan rings is 1. The lowest BCUT2D eigenvalue weighted by atomic mass is 10.0. The van der Waals surface area contributed by atoms with Crippen LogP contribution >= 0.6 is 0 Å². The second kappa shape index (κ2) is 6.44. The topological polar surface area (TPSA) is 46.3 Å². The number of pyridine rings is 1. The SMILES string of the molecule is CN(C(=O)c1ccco1)[C@@H](c1cccc(F)c1)c1ccccn1. The molecule has 0 unspecified atom stereocenters. The largest absolute Gasteiger partial charge is 0.459 e. The normalized spacial score (nSPS) is 11.9. The molecule has 4 nitrogen and oxygen atoms in total. The van der Waals surface area contributed by atoms with Crippen LogP contribution < -0.4 is 0 Å². The van der Waals surface area contributed by atoms with E-state index >= 15 is 0 Å². The Kier molecular flexibility index (Phi) is 4.19. The molecule has 0 saturated carbocycles. The van der Waals surface area contributed by atoms with Crippen LogP contribution in [-0.4, -0.2) is 22.8 Å². The van der Waals surface area contributed by atoms with E-state index in [4.69, 9.17) is 4.42 Å². The predicted octanol–water partition coefficient (Wildman–Crippen LogP) is 3.68. The van der Waals surface area contributed by atoms with Crippen molar-refractivity contribution >= 4 is 5.91 Å². The minimum absolute atomic E-state index is 0.227. The first kappa shape index (κ1) is 15.0. The highest BCUT2D eigenvalue weighted by atomic mass is 19.1. The highest BCUT2D eigenvalue weighted by molar-refractivity contribution is 5.91. The van der Waals surface area contributed by atoms with Gasteiger partial charge in [0.15, 0.2) is 5.76 Å². The van der Waals surface area contributed by atoms with Crippen molar-refractivity contribution in [3.8, 4) is 0 Å². The van der Waals surface area contributed by atoms with Crippen molar-refractivity contribution in [2.24, 2.45) is 0 Å². The maximum absolute atomic E-state index is 13.6. The molecular formula is C18H15FN2O2. The first-order valence-electron chi connectivity index (χ1n) is 7.14. The second-order valence-electron chi connectivity index (χ2n) is 5.11. The van der Waals surface area contributed by atoms with Crippen LogP contribution in [-0.2, 0) is 0 Å². The van der Waals surface area contributed by atoms with Gasteiger partial charge >= 0.3 is 0 Å². The second-order valence-corrected chi connectivity index (χ2v) is 5.11. The third-order valence-corrected chi connectivity index (χ3v) is 3.57. The summed E-state index contributed by atoms with van der Waals surface area (Å²) in [5.74, 6) is -0.429. The fourth-order valence-electron chi connectivity index (χ4n) is 2.50. The van der Waals surface area contributed by atoms with Gasteiger partial charge in [-0.05, 0) is 42.0 Å². The maximum Gasteiger partial charge on any atom is 0.290 e. The predicted molar refractivity (Wildman–Crippen MR) is 83.3 cm³/mol. The van der Waals surface area contributed by atoms with Crippen molar-refractivity contribution < 1.29 is 13.6 Å². The van der Waals surface area contributed by atoms with Crippen LogP contribution in [0.3, 0.4) is 0 Å². The Hall–Kier alpha value is -2.95. The van der Waals surface area contributed by atoms with Crippen molar-refractivity contribution in [3.63, 3.8) is 0 Å². The van der Waals surface area contributed by atoms with E-state index < -0.39 is 6.04 Å². The molecule has 0 bridgehead atoms. The summed E-state index contributed by atoms with van der Waals surface area (Å²) in [5.41, 5.74) is 1.30. The molecule has 2 aromatic heterocycles. The van der Waals surface area contributed by atoms with Gasteiger partial charge in [-0.3, -0.25) is 9.78 Å². The van der Waals surface area contributed by atoms with E-state index in [0.29, 0.717) is 11.3 Å². The summed E-state index contributed by atoms with van der Waals surface area (Å²) in [5, 5.41) is 0.